The largest absolute Gasteiger partial charge is 0.387 e. The van der Waals surface area contributed by atoms with E-state index in [1.54, 1.807) is 0 Å². The second-order valence-corrected chi connectivity index (χ2v) is 4.42. The van der Waals surface area contributed by atoms with E-state index in [-0.39, 0.29) is 0 Å². The van der Waals surface area contributed by atoms with Gasteiger partial charge >= 0.3 is 0 Å². The number of β-amino-alcohol motifs (C(OH)–C–C–N with tert-alkyl or cyclic N) is 1. The fraction of sp³-hybridized carbons (Fsp3) is 0.545. The first-order valence-electron chi connectivity index (χ1n) is 5.14. The van der Waals surface area contributed by atoms with Gasteiger partial charge in [0.15, 0.2) is 0 Å². The molecule has 0 spiro atoms. The summed E-state index contributed by atoms with van der Waals surface area (Å²) >= 11 is 0. The molecule has 15 heavy (non-hydrogen) atoms. The van der Waals surface area contributed by atoms with E-state index in [0.29, 0.717) is 19.5 Å². The summed E-state index contributed by atoms with van der Waals surface area (Å²) in [7, 11) is 3.93. The summed E-state index contributed by atoms with van der Waals surface area (Å²) in [4.78, 5) is 6.28. The van der Waals surface area contributed by atoms with Crippen molar-refractivity contribution in [1.29, 1.82) is 0 Å². The number of hydrogen-bond acceptors (Lipinski definition) is 4. The molecule has 1 aromatic heterocycles. The van der Waals surface area contributed by atoms with Crippen molar-refractivity contribution in [3.05, 3.63) is 23.9 Å². The molecule has 4 nitrogen and oxygen atoms in total. The smallest absolute Gasteiger partial charge is 0.127 e. The number of aliphatic hydroxyl groups is 1. The van der Waals surface area contributed by atoms with Crippen molar-refractivity contribution in [3.63, 3.8) is 0 Å². The SMILES string of the molecule is CN(C)c1ccc(CC2(O)CNC2)cn1. The van der Waals surface area contributed by atoms with Gasteiger partial charge in [0.1, 0.15) is 5.82 Å². The normalized spacial score (nSPS) is 18.3. The van der Waals surface area contributed by atoms with Crippen molar-refractivity contribution in [2.75, 3.05) is 32.1 Å². The Labute approximate surface area is 89.9 Å². The Balaban J connectivity index is 2.04. The summed E-state index contributed by atoms with van der Waals surface area (Å²) in [6.07, 6.45) is 2.52. The molecule has 0 saturated carbocycles. The van der Waals surface area contributed by atoms with Gasteiger partial charge in [0.2, 0.25) is 0 Å². The van der Waals surface area contributed by atoms with Gasteiger partial charge in [-0.1, -0.05) is 6.07 Å². The molecule has 1 fully saturated rings. The zero-order valence-electron chi connectivity index (χ0n) is 9.20. The lowest BCUT2D eigenvalue weighted by molar-refractivity contribution is -0.00907. The van der Waals surface area contributed by atoms with Gasteiger partial charge in [0, 0.05) is 39.8 Å². The summed E-state index contributed by atoms with van der Waals surface area (Å²) in [5, 5.41) is 13.0. The lowest BCUT2D eigenvalue weighted by atomic mass is 9.90. The molecular formula is C11H17N3O. The van der Waals surface area contributed by atoms with E-state index in [9.17, 15) is 5.11 Å². The van der Waals surface area contributed by atoms with Crippen LogP contribution < -0.4 is 10.2 Å². The molecule has 0 aliphatic carbocycles. The molecule has 0 unspecified atom stereocenters. The minimum Gasteiger partial charge on any atom is -0.387 e. The standard InChI is InChI=1S/C11H17N3O/c1-14(2)10-4-3-9(6-13-10)5-11(15)7-12-8-11/h3-4,6,12,15H,5,7-8H2,1-2H3. The minimum atomic E-state index is -0.554. The van der Waals surface area contributed by atoms with Crippen molar-refractivity contribution in [2.24, 2.45) is 0 Å². The molecule has 1 aliphatic rings. The van der Waals surface area contributed by atoms with Crippen molar-refractivity contribution in [2.45, 2.75) is 12.0 Å². The molecule has 0 atom stereocenters. The van der Waals surface area contributed by atoms with Crippen LogP contribution in [-0.4, -0.2) is 42.9 Å². The fourth-order valence-electron chi connectivity index (χ4n) is 1.70. The Morgan fingerprint density at radius 1 is 1.47 bits per heavy atom. The number of nitrogens with one attached hydrogen (secondary N) is 1. The van der Waals surface area contributed by atoms with Gasteiger partial charge in [-0.05, 0) is 11.6 Å². The summed E-state index contributed by atoms with van der Waals surface area (Å²) < 4.78 is 0. The number of anilines is 1. The Bertz CT molecular complexity index is 330. The van der Waals surface area contributed by atoms with E-state index in [4.69, 9.17) is 0 Å². The Morgan fingerprint density at radius 2 is 2.20 bits per heavy atom. The van der Waals surface area contributed by atoms with Crippen LogP contribution >= 0.6 is 0 Å². The van der Waals surface area contributed by atoms with Crippen LogP contribution in [0.15, 0.2) is 18.3 Å². The quantitative estimate of drug-likeness (QED) is 0.734. The zero-order valence-corrected chi connectivity index (χ0v) is 9.20. The highest BCUT2D eigenvalue weighted by atomic mass is 16.3. The maximum Gasteiger partial charge on any atom is 0.127 e. The van der Waals surface area contributed by atoms with Gasteiger partial charge in [-0.3, -0.25) is 0 Å². The topological polar surface area (TPSA) is 48.4 Å². The molecule has 2 rings (SSSR count). The molecule has 0 aromatic carbocycles. The summed E-state index contributed by atoms with van der Waals surface area (Å²) in [5.74, 6) is 0.942. The third-order valence-electron chi connectivity index (χ3n) is 2.71. The van der Waals surface area contributed by atoms with Gasteiger partial charge < -0.3 is 15.3 Å². The molecule has 2 N–H and O–H groups in total. The molecule has 0 amide bonds. The van der Waals surface area contributed by atoms with Crippen molar-refractivity contribution >= 4 is 5.82 Å². The van der Waals surface area contributed by atoms with E-state index in [0.717, 1.165) is 11.4 Å². The predicted octanol–water partition coefficient (Wildman–Crippen LogP) is 0.0244. The van der Waals surface area contributed by atoms with Crippen LogP contribution in [0, 0.1) is 0 Å². The molecular weight excluding hydrogens is 190 g/mol. The molecule has 0 radical (unpaired) electrons. The second kappa shape index (κ2) is 3.79. The first-order chi connectivity index (χ1) is 7.09. The number of nitrogens with zero attached hydrogens (tertiary/aromatic N) is 2. The molecule has 82 valence electrons. The number of pyridine rings is 1. The van der Waals surface area contributed by atoms with E-state index in [1.165, 1.54) is 0 Å². The highest BCUT2D eigenvalue weighted by molar-refractivity contribution is 5.37. The van der Waals surface area contributed by atoms with E-state index >= 15 is 0 Å². The van der Waals surface area contributed by atoms with Crippen molar-refractivity contribution < 1.29 is 5.11 Å². The van der Waals surface area contributed by atoms with Crippen LogP contribution in [-0.2, 0) is 6.42 Å². The van der Waals surface area contributed by atoms with E-state index in [2.05, 4.69) is 10.3 Å². The lowest BCUT2D eigenvalue weighted by Crippen LogP contribution is -2.60. The van der Waals surface area contributed by atoms with E-state index in [1.807, 2.05) is 37.3 Å². The van der Waals surface area contributed by atoms with Crippen LogP contribution in [0.5, 0.6) is 0 Å². The first kappa shape index (κ1) is 10.4. The summed E-state index contributed by atoms with van der Waals surface area (Å²) in [6.45, 7) is 1.37. The van der Waals surface area contributed by atoms with Gasteiger partial charge in [0.25, 0.3) is 0 Å². The lowest BCUT2D eigenvalue weighted by Gasteiger charge is -2.37. The molecule has 1 aliphatic heterocycles. The molecule has 2 heterocycles. The number of aromatic nitrogens is 1. The first-order valence-corrected chi connectivity index (χ1v) is 5.14. The minimum absolute atomic E-state index is 0.554. The Morgan fingerprint density at radius 3 is 2.60 bits per heavy atom. The highest BCUT2D eigenvalue weighted by Gasteiger charge is 2.34. The summed E-state index contributed by atoms with van der Waals surface area (Å²) in [6, 6.07) is 4.00. The third kappa shape index (κ3) is 2.27. The fourth-order valence-corrected chi connectivity index (χ4v) is 1.70. The third-order valence-corrected chi connectivity index (χ3v) is 2.71. The van der Waals surface area contributed by atoms with Gasteiger partial charge in [-0.15, -0.1) is 0 Å². The maximum atomic E-state index is 9.94. The van der Waals surface area contributed by atoms with Crippen LogP contribution in [0.1, 0.15) is 5.56 Å². The molecule has 4 heteroatoms. The number of hydrogen-bond donors (Lipinski definition) is 2. The van der Waals surface area contributed by atoms with Gasteiger partial charge in [0.05, 0.1) is 5.60 Å². The average molecular weight is 207 g/mol. The zero-order chi connectivity index (χ0) is 10.9. The van der Waals surface area contributed by atoms with Gasteiger partial charge in [-0.2, -0.15) is 0 Å². The molecule has 1 saturated heterocycles. The Kier molecular flexibility index (Phi) is 2.63. The monoisotopic (exact) mass is 207 g/mol. The Hall–Kier alpha value is -1.13. The van der Waals surface area contributed by atoms with Gasteiger partial charge in [-0.25, -0.2) is 4.98 Å². The summed E-state index contributed by atoms with van der Waals surface area (Å²) in [5.41, 5.74) is 0.533. The van der Waals surface area contributed by atoms with Crippen molar-refractivity contribution in [3.8, 4) is 0 Å². The van der Waals surface area contributed by atoms with E-state index < -0.39 is 5.60 Å². The predicted molar refractivity (Wildman–Crippen MR) is 60.1 cm³/mol. The van der Waals surface area contributed by atoms with Crippen molar-refractivity contribution in [1.82, 2.24) is 10.3 Å². The number of rotatable bonds is 3. The van der Waals surface area contributed by atoms with Crippen LogP contribution in [0.2, 0.25) is 0 Å². The second-order valence-electron chi connectivity index (χ2n) is 4.42. The molecule has 0 bridgehead atoms. The average Bonchev–Trinajstić information content (AvgIpc) is 2.16. The van der Waals surface area contributed by atoms with Crippen LogP contribution in [0.4, 0.5) is 5.82 Å². The maximum absolute atomic E-state index is 9.94. The van der Waals surface area contributed by atoms with Crippen LogP contribution in [0.3, 0.4) is 0 Å². The molecule has 1 aromatic rings. The highest BCUT2D eigenvalue weighted by Crippen LogP contribution is 2.18. The van der Waals surface area contributed by atoms with Crippen LogP contribution in [0.25, 0.3) is 0 Å².